The third kappa shape index (κ3) is 7.03. The second-order valence-corrected chi connectivity index (χ2v) is 6.96. The van der Waals surface area contributed by atoms with E-state index in [1.165, 1.54) is 36.4 Å². The van der Waals surface area contributed by atoms with Gasteiger partial charge in [0.05, 0.1) is 5.56 Å². The summed E-state index contributed by atoms with van der Waals surface area (Å²) in [6, 6.07) is 22.0. The zero-order valence-corrected chi connectivity index (χ0v) is 17.7. The van der Waals surface area contributed by atoms with Crippen molar-refractivity contribution in [3.05, 3.63) is 107 Å². The van der Waals surface area contributed by atoms with Crippen LogP contribution in [0, 0.1) is 5.82 Å². The van der Waals surface area contributed by atoms with E-state index in [0.717, 1.165) is 5.56 Å². The Morgan fingerprint density at radius 3 is 2.34 bits per heavy atom. The van der Waals surface area contributed by atoms with Crippen LogP contribution in [0.2, 0.25) is 0 Å². The Morgan fingerprint density at radius 1 is 0.906 bits per heavy atom. The third-order valence-electron chi connectivity index (χ3n) is 4.19. The summed E-state index contributed by atoms with van der Waals surface area (Å²) in [6.45, 7) is 0.313. The van der Waals surface area contributed by atoms with Crippen LogP contribution in [0.3, 0.4) is 0 Å². The average Bonchev–Trinajstić information content (AvgIpc) is 2.81. The highest BCUT2D eigenvalue weighted by atomic mass is 32.1. The van der Waals surface area contributed by atoms with Gasteiger partial charge in [-0.15, -0.1) is 0 Å². The maximum absolute atomic E-state index is 12.9. The van der Waals surface area contributed by atoms with Crippen molar-refractivity contribution in [3.63, 3.8) is 0 Å². The highest BCUT2D eigenvalue weighted by Gasteiger charge is 2.13. The Bertz CT molecular complexity index is 1120. The van der Waals surface area contributed by atoms with Gasteiger partial charge in [0.2, 0.25) is 5.91 Å². The smallest absolute Gasteiger partial charge is 0.273 e. The molecule has 32 heavy (non-hydrogen) atoms. The van der Waals surface area contributed by atoms with Gasteiger partial charge in [0.15, 0.2) is 5.11 Å². The van der Waals surface area contributed by atoms with Gasteiger partial charge in [-0.3, -0.25) is 25.8 Å². The summed E-state index contributed by atoms with van der Waals surface area (Å²) in [5.74, 6) is -0.938. The van der Waals surface area contributed by atoms with E-state index in [2.05, 4.69) is 16.2 Å². The van der Waals surface area contributed by atoms with Crippen molar-refractivity contribution in [1.82, 2.24) is 16.2 Å². The van der Waals surface area contributed by atoms with Gasteiger partial charge in [-0.25, -0.2) is 4.39 Å². The molecule has 0 aliphatic heterocycles. The molecule has 0 aliphatic carbocycles. The molecular formula is C24H20FN3O3S. The van der Waals surface area contributed by atoms with Crippen molar-refractivity contribution < 1.29 is 18.7 Å². The first-order chi connectivity index (χ1) is 15.5. The molecule has 3 rings (SSSR count). The molecule has 6 nitrogen and oxygen atoms in total. The fourth-order valence-electron chi connectivity index (χ4n) is 2.63. The molecule has 0 aromatic heterocycles. The molecule has 0 saturated heterocycles. The highest BCUT2D eigenvalue weighted by Crippen LogP contribution is 2.19. The Morgan fingerprint density at radius 2 is 1.59 bits per heavy atom. The Kier molecular flexibility index (Phi) is 8.05. The topological polar surface area (TPSA) is 79.5 Å². The van der Waals surface area contributed by atoms with E-state index in [1.807, 2.05) is 30.3 Å². The van der Waals surface area contributed by atoms with Crippen molar-refractivity contribution in [2.24, 2.45) is 0 Å². The van der Waals surface area contributed by atoms with E-state index in [0.29, 0.717) is 23.5 Å². The van der Waals surface area contributed by atoms with Gasteiger partial charge in [-0.2, -0.15) is 0 Å². The molecule has 0 radical (unpaired) electrons. The highest BCUT2D eigenvalue weighted by molar-refractivity contribution is 7.80. The average molecular weight is 450 g/mol. The van der Waals surface area contributed by atoms with Crippen molar-refractivity contribution in [1.29, 1.82) is 0 Å². The second kappa shape index (κ2) is 11.4. The van der Waals surface area contributed by atoms with Crippen LogP contribution in [0.5, 0.6) is 5.75 Å². The van der Waals surface area contributed by atoms with Crippen LogP contribution in [-0.4, -0.2) is 16.9 Å². The molecule has 0 saturated carbocycles. The summed E-state index contributed by atoms with van der Waals surface area (Å²) in [5, 5.41) is 2.32. The van der Waals surface area contributed by atoms with Crippen molar-refractivity contribution in [2.45, 2.75) is 6.61 Å². The van der Waals surface area contributed by atoms with E-state index >= 15 is 0 Å². The summed E-state index contributed by atoms with van der Waals surface area (Å²) in [7, 11) is 0. The fraction of sp³-hybridized carbons (Fsp3) is 0.0417. The standard InChI is InChI=1S/C24H20FN3O3S/c25-19-13-10-17(11-14-19)12-15-22(29)26-24(32)28-27-23(30)20-8-4-5-9-21(20)31-16-18-6-2-1-3-7-18/h1-15H,16H2,(H,27,30)(H2,26,28,29,32). The maximum Gasteiger partial charge on any atom is 0.273 e. The summed E-state index contributed by atoms with van der Waals surface area (Å²) in [4.78, 5) is 24.5. The van der Waals surface area contributed by atoms with Crippen molar-refractivity contribution in [2.75, 3.05) is 0 Å². The Balaban J connectivity index is 1.50. The Hall–Kier alpha value is -4.04. The lowest BCUT2D eigenvalue weighted by atomic mass is 10.2. The molecule has 3 aromatic rings. The van der Waals surface area contributed by atoms with Gasteiger partial charge >= 0.3 is 0 Å². The minimum Gasteiger partial charge on any atom is -0.488 e. The van der Waals surface area contributed by atoms with Crippen LogP contribution in [0.15, 0.2) is 84.9 Å². The largest absolute Gasteiger partial charge is 0.488 e. The molecular weight excluding hydrogens is 429 g/mol. The number of nitrogens with one attached hydrogen (secondary N) is 3. The maximum atomic E-state index is 12.9. The number of hydrogen-bond donors (Lipinski definition) is 3. The van der Waals surface area contributed by atoms with Crippen LogP contribution in [0.1, 0.15) is 21.5 Å². The zero-order valence-electron chi connectivity index (χ0n) is 16.9. The zero-order chi connectivity index (χ0) is 22.8. The van der Waals surface area contributed by atoms with Gasteiger partial charge in [-0.1, -0.05) is 54.6 Å². The van der Waals surface area contributed by atoms with E-state index < -0.39 is 11.8 Å². The second-order valence-electron chi connectivity index (χ2n) is 6.55. The lowest BCUT2D eigenvalue weighted by molar-refractivity contribution is -0.115. The number of halogens is 1. The predicted octanol–water partition coefficient (Wildman–Crippen LogP) is 3.75. The van der Waals surface area contributed by atoms with Gasteiger partial charge in [0, 0.05) is 6.08 Å². The minimum absolute atomic E-state index is 0.0882. The number of rotatable bonds is 6. The normalized spacial score (nSPS) is 10.4. The number of thiocarbonyl (C=S) groups is 1. The predicted molar refractivity (Wildman–Crippen MR) is 124 cm³/mol. The molecule has 3 aromatic carbocycles. The number of benzene rings is 3. The van der Waals surface area contributed by atoms with Crippen LogP contribution in [0.25, 0.3) is 6.08 Å². The van der Waals surface area contributed by atoms with Crippen LogP contribution < -0.4 is 20.9 Å². The molecule has 0 aliphatic rings. The van der Waals surface area contributed by atoms with E-state index in [1.54, 1.807) is 24.3 Å². The third-order valence-corrected chi connectivity index (χ3v) is 4.40. The van der Waals surface area contributed by atoms with Gasteiger partial charge in [0.25, 0.3) is 5.91 Å². The first-order valence-electron chi connectivity index (χ1n) is 9.62. The lowest BCUT2D eigenvalue weighted by Gasteiger charge is -2.13. The van der Waals surface area contributed by atoms with E-state index in [9.17, 15) is 14.0 Å². The number of para-hydroxylation sites is 1. The fourth-order valence-corrected chi connectivity index (χ4v) is 2.78. The van der Waals surface area contributed by atoms with Gasteiger partial charge < -0.3 is 4.74 Å². The Labute approximate surface area is 190 Å². The quantitative estimate of drug-likeness (QED) is 0.303. The van der Waals surface area contributed by atoms with Crippen LogP contribution in [-0.2, 0) is 11.4 Å². The summed E-state index contributed by atoms with van der Waals surface area (Å²) >= 11 is 5.02. The van der Waals surface area contributed by atoms with Gasteiger partial charge in [0.1, 0.15) is 18.2 Å². The van der Waals surface area contributed by atoms with Crippen molar-refractivity contribution in [3.8, 4) is 5.75 Å². The number of hydrogen-bond acceptors (Lipinski definition) is 4. The lowest BCUT2D eigenvalue weighted by Crippen LogP contribution is -2.48. The molecule has 0 spiro atoms. The molecule has 0 fully saturated rings. The molecule has 3 N–H and O–H groups in total. The van der Waals surface area contributed by atoms with Crippen LogP contribution >= 0.6 is 12.2 Å². The molecule has 0 unspecified atom stereocenters. The number of amides is 2. The molecule has 0 bridgehead atoms. The van der Waals surface area contributed by atoms with Gasteiger partial charge in [-0.05, 0) is 53.7 Å². The molecule has 8 heteroatoms. The summed E-state index contributed by atoms with van der Waals surface area (Å²) in [5.41, 5.74) is 6.84. The molecule has 0 heterocycles. The first-order valence-corrected chi connectivity index (χ1v) is 10.0. The summed E-state index contributed by atoms with van der Waals surface area (Å²) < 4.78 is 18.7. The minimum atomic E-state index is -0.507. The molecule has 2 amide bonds. The molecule has 162 valence electrons. The SMILES string of the molecule is O=C(C=Cc1ccc(F)cc1)NC(=S)NNC(=O)c1ccccc1OCc1ccccc1. The van der Waals surface area contributed by atoms with E-state index in [-0.39, 0.29) is 10.9 Å². The monoisotopic (exact) mass is 449 g/mol. The number of ether oxygens (including phenoxy) is 1. The number of carbonyl (C=O) groups excluding carboxylic acids is 2. The first kappa shape index (κ1) is 22.6. The number of carbonyl (C=O) groups is 2. The van der Waals surface area contributed by atoms with E-state index in [4.69, 9.17) is 17.0 Å². The molecule has 0 atom stereocenters. The van der Waals surface area contributed by atoms with Crippen LogP contribution in [0.4, 0.5) is 4.39 Å². The number of hydrazine groups is 1. The summed E-state index contributed by atoms with van der Waals surface area (Å²) in [6.07, 6.45) is 2.76. The van der Waals surface area contributed by atoms with Crippen molar-refractivity contribution >= 4 is 35.2 Å².